The van der Waals surface area contributed by atoms with Gasteiger partial charge in [-0.1, -0.05) is 39.3 Å². The number of halogens is 1. The van der Waals surface area contributed by atoms with Crippen molar-refractivity contribution in [2.24, 2.45) is 28.6 Å². The zero-order valence-electron chi connectivity index (χ0n) is 23.2. The van der Waals surface area contributed by atoms with E-state index in [0.29, 0.717) is 37.7 Å². The molecule has 0 aromatic rings. The maximum Gasteiger partial charge on any atom is 0.306 e. The van der Waals surface area contributed by atoms with Gasteiger partial charge in [-0.15, -0.1) is 0 Å². The molecule has 7 nitrogen and oxygen atoms in total. The summed E-state index contributed by atoms with van der Waals surface area (Å²) in [5.41, 5.74) is -5.49. The Labute approximate surface area is 224 Å². The summed E-state index contributed by atoms with van der Waals surface area (Å²) in [5.74, 6) is -3.34. The topological polar surface area (TPSA) is 107 Å². The molecule has 4 rings (SSSR count). The molecule has 0 aliphatic heterocycles. The second-order valence-electron chi connectivity index (χ2n) is 12.2. The lowest BCUT2D eigenvalue weighted by molar-refractivity contribution is -0.230. The molecule has 0 saturated heterocycles. The lowest BCUT2D eigenvalue weighted by atomic mass is 9.44. The first-order valence-electron chi connectivity index (χ1n) is 14.0. The SMILES string of the molecule is CCCC(=O)OCC(=O)[C@@]1(O)[C@@H](C)C[C@H]2[C@@H]3CCC4=CC(=O)C=C[C@]4(C)[C@@]3(F)[C@@H](OC(=O)CCC)C[C@@]21C. The Bertz CT molecular complexity index is 1080. The Kier molecular flexibility index (Phi) is 7.54. The van der Waals surface area contributed by atoms with Gasteiger partial charge in [0, 0.05) is 29.6 Å². The fourth-order valence-corrected chi connectivity index (χ4v) is 8.19. The highest BCUT2D eigenvalue weighted by atomic mass is 19.1. The fraction of sp³-hybridized carbons (Fsp3) is 0.733. The van der Waals surface area contributed by atoms with Gasteiger partial charge in [0.15, 0.2) is 18.1 Å². The van der Waals surface area contributed by atoms with Gasteiger partial charge in [0.2, 0.25) is 5.78 Å². The highest BCUT2D eigenvalue weighted by Crippen LogP contribution is 2.71. The highest BCUT2D eigenvalue weighted by molar-refractivity contribution is 6.01. The van der Waals surface area contributed by atoms with Crippen molar-refractivity contribution in [1.29, 1.82) is 0 Å². The molecule has 210 valence electrons. The summed E-state index contributed by atoms with van der Waals surface area (Å²) in [7, 11) is 0. The maximum absolute atomic E-state index is 17.9. The van der Waals surface area contributed by atoms with Crippen molar-refractivity contribution in [3.63, 3.8) is 0 Å². The van der Waals surface area contributed by atoms with Crippen molar-refractivity contribution in [3.05, 3.63) is 23.8 Å². The lowest BCUT2D eigenvalue weighted by Gasteiger charge is -2.63. The Balaban J connectivity index is 1.77. The number of rotatable bonds is 8. The molecule has 3 saturated carbocycles. The van der Waals surface area contributed by atoms with Crippen LogP contribution in [0.1, 0.15) is 86.0 Å². The van der Waals surface area contributed by atoms with Gasteiger partial charge in [0.1, 0.15) is 11.7 Å². The van der Waals surface area contributed by atoms with Crippen LogP contribution in [0.4, 0.5) is 4.39 Å². The number of carbonyl (C=O) groups excluding carboxylic acids is 4. The standard InChI is InChI=1S/C30H41FO7/c1-6-8-25(34)37-17-23(33)30(36)18(3)14-22-21-11-10-19-15-20(32)12-13-27(19,4)29(21,31)24(16-28(22,30)5)38-26(35)9-7-2/h12-13,15,18,21-22,24,36H,6-11,14,16-17H2,1-5H3/t18-,21-,22-,24-,27-,28-,29-,30-/m0/s1. The Morgan fingerprint density at radius 1 is 1.11 bits per heavy atom. The van der Waals surface area contributed by atoms with Crippen LogP contribution in [0, 0.1) is 28.6 Å². The highest BCUT2D eigenvalue weighted by Gasteiger charge is 2.76. The van der Waals surface area contributed by atoms with Gasteiger partial charge in [-0.25, -0.2) is 4.39 Å². The molecule has 0 bridgehead atoms. The number of ketones is 2. The van der Waals surface area contributed by atoms with Crippen molar-refractivity contribution >= 4 is 23.5 Å². The minimum Gasteiger partial charge on any atom is -0.459 e. The van der Waals surface area contributed by atoms with Crippen molar-refractivity contribution < 1.29 is 38.1 Å². The molecule has 0 heterocycles. The normalized spacial score (nSPS) is 41.4. The van der Waals surface area contributed by atoms with E-state index in [9.17, 15) is 24.3 Å². The van der Waals surface area contributed by atoms with E-state index in [1.54, 1.807) is 26.8 Å². The molecule has 3 fully saturated rings. The molecule has 0 amide bonds. The average Bonchev–Trinajstić information content (AvgIpc) is 3.05. The first kappa shape index (κ1) is 28.7. The van der Waals surface area contributed by atoms with E-state index in [-0.39, 0.29) is 31.0 Å². The Morgan fingerprint density at radius 3 is 2.42 bits per heavy atom. The van der Waals surface area contributed by atoms with Crippen molar-refractivity contribution in [2.75, 3.05) is 6.61 Å². The van der Waals surface area contributed by atoms with Crippen molar-refractivity contribution in [1.82, 2.24) is 0 Å². The molecule has 1 N–H and O–H groups in total. The first-order chi connectivity index (χ1) is 17.8. The quantitative estimate of drug-likeness (QED) is 0.456. The minimum absolute atomic E-state index is 0.0553. The van der Waals surface area contributed by atoms with E-state index < -0.39 is 64.4 Å². The second kappa shape index (κ2) is 10.00. The van der Waals surface area contributed by atoms with Gasteiger partial charge < -0.3 is 14.6 Å². The molecular weight excluding hydrogens is 491 g/mol. The second-order valence-corrected chi connectivity index (χ2v) is 12.2. The van der Waals surface area contributed by atoms with Crippen LogP contribution < -0.4 is 0 Å². The van der Waals surface area contributed by atoms with Crippen LogP contribution in [0.5, 0.6) is 0 Å². The molecule has 0 aromatic heterocycles. The predicted molar refractivity (Wildman–Crippen MR) is 138 cm³/mol. The summed E-state index contributed by atoms with van der Waals surface area (Å²) < 4.78 is 29.0. The lowest BCUT2D eigenvalue weighted by Crippen LogP contribution is -2.70. The fourth-order valence-electron chi connectivity index (χ4n) is 8.19. The molecule has 0 spiro atoms. The predicted octanol–water partition coefficient (Wildman–Crippen LogP) is 4.60. The van der Waals surface area contributed by atoms with Crippen LogP contribution in [0.2, 0.25) is 0 Å². The van der Waals surface area contributed by atoms with Crippen molar-refractivity contribution in [2.45, 2.75) is 103 Å². The van der Waals surface area contributed by atoms with Gasteiger partial charge >= 0.3 is 11.9 Å². The molecule has 8 heteroatoms. The number of fused-ring (bicyclic) bond motifs is 5. The number of ether oxygens (including phenoxy) is 2. The maximum atomic E-state index is 17.9. The largest absolute Gasteiger partial charge is 0.459 e. The van der Waals surface area contributed by atoms with E-state index in [1.807, 2.05) is 13.8 Å². The summed E-state index contributed by atoms with van der Waals surface area (Å²) in [5, 5.41) is 12.1. The van der Waals surface area contributed by atoms with Crippen LogP contribution in [-0.2, 0) is 28.7 Å². The molecule has 4 aliphatic carbocycles. The average molecular weight is 533 g/mol. The van der Waals surface area contributed by atoms with Gasteiger partial charge in [0.05, 0.1) is 0 Å². The summed E-state index contributed by atoms with van der Waals surface area (Å²) in [4.78, 5) is 50.5. The van der Waals surface area contributed by atoms with Crippen LogP contribution in [-0.4, -0.2) is 52.6 Å². The van der Waals surface area contributed by atoms with Gasteiger partial charge in [-0.05, 0) is 69.4 Å². The van der Waals surface area contributed by atoms with Crippen LogP contribution >= 0.6 is 0 Å². The first-order valence-corrected chi connectivity index (χ1v) is 14.0. The van der Waals surface area contributed by atoms with Gasteiger partial charge in [-0.3, -0.25) is 19.2 Å². The third-order valence-corrected chi connectivity index (χ3v) is 10.2. The number of alkyl halides is 1. The number of hydrogen-bond donors (Lipinski definition) is 1. The monoisotopic (exact) mass is 532 g/mol. The van der Waals surface area contributed by atoms with E-state index in [0.717, 1.165) is 0 Å². The number of allylic oxidation sites excluding steroid dienone is 4. The zero-order valence-corrected chi connectivity index (χ0v) is 23.2. The summed E-state index contributed by atoms with van der Waals surface area (Å²) >= 11 is 0. The Morgan fingerprint density at radius 2 is 1.76 bits per heavy atom. The van der Waals surface area contributed by atoms with E-state index >= 15 is 4.39 Å². The number of carbonyl (C=O) groups is 4. The number of hydrogen-bond acceptors (Lipinski definition) is 7. The van der Waals surface area contributed by atoms with E-state index in [1.165, 1.54) is 12.2 Å². The molecular formula is C30H41FO7. The van der Waals surface area contributed by atoms with Gasteiger partial charge in [-0.2, -0.15) is 0 Å². The smallest absolute Gasteiger partial charge is 0.306 e. The summed E-state index contributed by atoms with van der Waals surface area (Å²) in [6.07, 6.45) is 5.93. The van der Waals surface area contributed by atoms with Crippen molar-refractivity contribution in [3.8, 4) is 0 Å². The molecule has 4 aliphatic rings. The number of aliphatic hydroxyl groups is 1. The molecule has 0 aromatic carbocycles. The number of Topliss-reactive ketones (excluding diaryl/α,β-unsaturated/α-hetero) is 1. The molecule has 8 atom stereocenters. The molecule has 38 heavy (non-hydrogen) atoms. The Hall–Kier alpha value is -2.35. The zero-order chi connectivity index (χ0) is 28.1. The van der Waals surface area contributed by atoms with Crippen LogP contribution in [0.3, 0.4) is 0 Å². The summed E-state index contributed by atoms with van der Waals surface area (Å²) in [6, 6.07) is 0. The van der Waals surface area contributed by atoms with Gasteiger partial charge in [0.25, 0.3) is 0 Å². The number of esters is 2. The van der Waals surface area contributed by atoms with E-state index in [4.69, 9.17) is 9.47 Å². The van der Waals surface area contributed by atoms with Crippen LogP contribution in [0.15, 0.2) is 23.8 Å². The molecule has 0 unspecified atom stereocenters. The third-order valence-electron chi connectivity index (χ3n) is 10.2. The molecule has 0 radical (unpaired) electrons. The van der Waals surface area contributed by atoms with E-state index in [2.05, 4.69) is 0 Å². The third kappa shape index (κ3) is 4.00. The summed E-state index contributed by atoms with van der Waals surface area (Å²) in [6.45, 7) is 8.45. The van der Waals surface area contributed by atoms with Crippen LogP contribution in [0.25, 0.3) is 0 Å². The minimum atomic E-state index is -2.02.